The molecule has 1 aliphatic carbocycles. The van der Waals surface area contributed by atoms with Crippen LogP contribution in [0.1, 0.15) is 17.2 Å². The summed E-state index contributed by atoms with van der Waals surface area (Å²) in [7, 11) is 0. The molecule has 0 saturated heterocycles. The smallest absolute Gasteiger partial charge is 0.235 e. The van der Waals surface area contributed by atoms with Crippen molar-refractivity contribution in [3.05, 3.63) is 35.4 Å². The van der Waals surface area contributed by atoms with E-state index in [1.165, 1.54) is 0 Å². The molecule has 0 radical (unpaired) electrons. The molecule has 0 bridgehead atoms. The molecule has 80 valence electrons. The van der Waals surface area contributed by atoms with Crippen molar-refractivity contribution in [1.29, 1.82) is 0 Å². The van der Waals surface area contributed by atoms with Gasteiger partial charge in [0, 0.05) is 6.42 Å². The Morgan fingerprint density at radius 3 is 3.00 bits per heavy atom. The maximum absolute atomic E-state index is 11.2. The number of amides is 1. The Kier molecular flexibility index (Phi) is 2.93. The average Bonchev–Trinajstić information content (AvgIpc) is 2.55. The Labute approximate surface area is 93.1 Å². The molecule has 0 fully saturated rings. The highest BCUT2D eigenvalue weighted by Gasteiger charge is 2.31. The van der Waals surface area contributed by atoms with E-state index >= 15 is 0 Å². The Bertz CT molecular complexity index is 381. The lowest BCUT2D eigenvalue weighted by atomic mass is 10.1. The standard InChI is InChI=1S/C11H12ClNO2/c12-6-10(15)13-11-8-4-2-1-3-7(8)5-9(11)14/h1-4,9,11,14H,5-6H2,(H,13,15)/t9-,11-/m1/s1. The van der Waals surface area contributed by atoms with Gasteiger partial charge in [0.2, 0.25) is 5.91 Å². The maximum Gasteiger partial charge on any atom is 0.235 e. The van der Waals surface area contributed by atoms with E-state index in [1.807, 2.05) is 24.3 Å². The molecule has 1 amide bonds. The number of hydrogen-bond acceptors (Lipinski definition) is 2. The predicted octanol–water partition coefficient (Wildman–Crippen LogP) is 1.000. The number of carbonyl (C=O) groups is 1. The summed E-state index contributed by atoms with van der Waals surface area (Å²) in [5.41, 5.74) is 2.08. The first kappa shape index (κ1) is 10.5. The van der Waals surface area contributed by atoms with Gasteiger partial charge in [0.25, 0.3) is 0 Å². The van der Waals surface area contributed by atoms with Gasteiger partial charge in [-0.15, -0.1) is 11.6 Å². The van der Waals surface area contributed by atoms with E-state index in [9.17, 15) is 9.90 Å². The van der Waals surface area contributed by atoms with Gasteiger partial charge in [0.05, 0.1) is 12.1 Å². The second-order valence-corrected chi connectivity index (χ2v) is 3.92. The first-order valence-corrected chi connectivity index (χ1v) is 5.37. The van der Waals surface area contributed by atoms with E-state index in [-0.39, 0.29) is 17.8 Å². The molecule has 0 aromatic heterocycles. The number of hydrogen-bond donors (Lipinski definition) is 2. The first-order chi connectivity index (χ1) is 7.22. The van der Waals surface area contributed by atoms with Crippen LogP contribution < -0.4 is 5.32 Å². The molecule has 2 rings (SSSR count). The molecule has 0 spiro atoms. The molecule has 4 heteroatoms. The second-order valence-electron chi connectivity index (χ2n) is 3.65. The van der Waals surface area contributed by atoms with Gasteiger partial charge in [0.15, 0.2) is 0 Å². The Morgan fingerprint density at radius 2 is 2.27 bits per heavy atom. The van der Waals surface area contributed by atoms with Crippen LogP contribution in [0.2, 0.25) is 0 Å². The first-order valence-electron chi connectivity index (χ1n) is 4.83. The van der Waals surface area contributed by atoms with Crippen LogP contribution in [0.15, 0.2) is 24.3 Å². The maximum atomic E-state index is 11.2. The summed E-state index contributed by atoms with van der Waals surface area (Å²) >= 11 is 5.41. The molecular formula is C11H12ClNO2. The van der Waals surface area contributed by atoms with E-state index in [0.29, 0.717) is 6.42 Å². The molecule has 0 unspecified atom stereocenters. The van der Waals surface area contributed by atoms with E-state index < -0.39 is 6.10 Å². The van der Waals surface area contributed by atoms with Crippen LogP contribution in [0.3, 0.4) is 0 Å². The molecular weight excluding hydrogens is 214 g/mol. The number of carbonyl (C=O) groups excluding carboxylic acids is 1. The van der Waals surface area contributed by atoms with Crippen molar-refractivity contribution >= 4 is 17.5 Å². The number of benzene rings is 1. The van der Waals surface area contributed by atoms with Crippen molar-refractivity contribution in [3.8, 4) is 0 Å². The second kappa shape index (κ2) is 4.21. The number of halogens is 1. The molecule has 1 aromatic rings. The summed E-state index contributed by atoms with van der Waals surface area (Å²) in [6, 6.07) is 7.40. The SMILES string of the molecule is O=C(CCl)N[C@@H]1c2ccccc2C[C@H]1O. The zero-order valence-corrected chi connectivity index (χ0v) is 8.87. The summed E-state index contributed by atoms with van der Waals surface area (Å²) in [5.74, 6) is -0.330. The third-order valence-electron chi connectivity index (χ3n) is 2.64. The van der Waals surface area contributed by atoms with Gasteiger partial charge in [0.1, 0.15) is 5.88 Å². The van der Waals surface area contributed by atoms with Crippen molar-refractivity contribution in [3.63, 3.8) is 0 Å². The van der Waals surface area contributed by atoms with Gasteiger partial charge in [-0.05, 0) is 11.1 Å². The van der Waals surface area contributed by atoms with Crippen LogP contribution >= 0.6 is 11.6 Å². The van der Waals surface area contributed by atoms with Crippen LogP contribution in [-0.2, 0) is 11.2 Å². The molecule has 15 heavy (non-hydrogen) atoms. The van der Waals surface area contributed by atoms with Crippen LogP contribution in [0.25, 0.3) is 0 Å². The normalized spacial score (nSPS) is 23.6. The average molecular weight is 226 g/mol. The fourth-order valence-electron chi connectivity index (χ4n) is 1.96. The third-order valence-corrected chi connectivity index (χ3v) is 2.88. The minimum Gasteiger partial charge on any atom is -0.390 e. The molecule has 0 heterocycles. The van der Waals surface area contributed by atoms with Crippen molar-refractivity contribution < 1.29 is 9.90 Å². The summed E-state index contributed by atoms with van der Waals surface area (Å²) in [5, 5.41) is 12.5. The zero-order chi connectivity index (χ0) is 10.8. The van der Waals surface area contributed by atoms with Crippen LogP contribution in [0, 0.1) is 0 Å². The van der Waals surface area contributed by atoms with Crippen molar-refractivity contribution in [2.75, 3.05) is 5.88 Å². The largest absolute Gasteiger partial charge is 0.390 e. The summed E-state index contributed by atoms with van der Waals surface area (Å²) in [6.07, 6.45) is 0.0400. The van der Waals surface area contributed by atoms with Gasteiger partial charge in [-0.1, -0.05) is 24.3 Å². The molecule has 1 aromatic carbocycles. The van der Waals surface area contributed by atoms with Crippen molar-refractivity contribution in [1.82, 2.24) is 5.32 Å². The monoisotopic (exact) mass is 225 g/mol. The number of aliphatic hydroxyl groups is 1. The summed E-state index contributed by atoms with van der Waals surface area (Å²) in [4.78, 5) is 11.2. The number of nitrogens with one attached hydrogen (secondary N) is 1. The van der Waals surface area contributed by atoms with E-state index in [4.69, 9.17) is 11.6 Å². The number of alkyl halides is 1. The van der Waals surface area contributed by atoms with E-state index in [0.717, 1.165) is 11.1 Å². The Morgan fingerprint density at radius 1 is 1.53 bits per heavy atom. The van der Waals surface area contributed by atoms with Gasteiger partial charge < -0.3 is 10.4 Å². The fourth-order valence-corrected chi connectivity index (χ4v) is 2.04. The van der Waals surface area contributed by atoms with Crippen molar-refractivity contribution in [2.45, 2.75) is 18.6 Å². The van der Waals surface area contributed by atoms with E-state index in [2.05, 4.69) is 5.32 Å². The summed E-state index contributed by atoms with van der Waals surface area (Å²) < 4.78 is 0. The van der Waals surface area contributed by atoms with Gasteiger partial charge >= 0.3 is 0 Å². The third kappa shape index (κ3) is 1.98. The molecule has 1 aliphatic rings. The molecule has 0 aliphatic heterocycles. The topological polar surface area (TPSA) is 49.3 Å². The highest BCUT2D eigenvalue weighted by Crippen LogP contribution is 2.30. The zero-order valence-electron chi connectivity index (χ0n) is 8.11. The highest BCUT2D eigenvalue weighted by atomic mass is 35.5. The lowest BCUT2D eigenvalue weighted by Gasteiger charge is -2.16. The highest BCUT2D eigenvalue weighted by molar-refractivity contribution is 6.27. The van der Waals surface area contributed by atoms with E-state index in [1.54, 1.807) is 0 Å². The molecule has 3 nitrogen and oxygen atoms in total. The molecule has 2 N–H and O–H groups in total. The van der Waals surface area contributed by atoms with Crippen LogP contribution in [0.5, 0.6) is 0 Å². The van der Waals surface area contributed by atoms with Gasteiger partial charge in [-0.2, -0.15) is 0 Å². The minimum atomic E-state index is -0.547. The minimum absolute atomic E-state index is 0.0780. The number of rotatable bonds is 2. The molecule has 0 saturated carbocycles. The van der Waals surface area contributed by atoms with Gasteiger partial charge in [-0.3, -0.25) is 4.79 Å². The predicted molar refractivity (Wildman–Crippen MR) is 57.8 cm³/mol. The summed E-state index contributed by atoms with van der Waals surface area (Å²) in [6.45, 7) is 0. The quantitative estimate of drug-likeness (QED) is 0.738. The Balaban J connectivity index is 2.22. The molecule has 2 atom stereocenters. The van der Waals surface area contributed by atoms with Gasteiger partial charge in [-0.25, -0.2) is 0 Å². The number of aliphatic hydroxyl groups excluding tert-OH is 1. The van der Waals surface area contributed by atoms with Crippen LogP contribution in [0.4, 0.5) is 0 Å². The number of fused-ring (bicyclic) bond motifs is 1. The lowest BCUT2D eigenvalue weighted by Crippen LogP contribution is -2.34. The Hall–Kier alpha value is -1.06. The van der Waals surface area contributed by atoms with Crippen LogP contribution in [-0.4, -0.2) is 23.0 Å². The van der Waals surface area contributed by atoms with Crippen molar-refractivity contribution in [2.24, 2.45) is 0 Å². The fraction of sp³-hybridized carbons (Fsp3) is 0.364. The lowest BCUT2D eigenvalue weighted by molar-refractivity contribution is -0.120.